The fourth-order valence-corrected chi connectivity index (χ4v) is 3.08. The molecule has 106 valence electrons. The van der Waals surface area contributed by atoms with Gasteiger partial charge in [-0.05, 0) is 48.8 Å². The fourth-order valence-electron chi connectivity index (χ4n) is 3.08. The predicted molar refractivity (Wildman–Crippen MR) is 81.4 cm³/mol. The average Bonchev–Trinajstić information content (AvgIpc) is 2.45. The first-order chi connectivity index (χ1) is 9.55. The molecule has 2 rings (SSSR count). The molecule has 1 atom stereocenters. The van der Waals surface area contributed by atoms with Crippen molar-refractivity contribution in [2.75, 3.05) is 7.11 Å². The summed E-state index contributed by atoms with van der Waals surface area (Å²) in [5, 5.41) is 8.79. The van der Waals surface area contributed by atoms with Crippen LogP contribution in [-0.4, -0.2) is 13.2 Å². The van der Waals surface area contributed by atoms with E-state index in [0.717, 1.165) is 31.2 Å². The SMILES string of the molecule is COC1CC/C(=C\Cc2ccc(C#N)cc2)CC1(C)C. The maximum Gasteiger partial charge on any atom is 0.0991 e. The first-order valence-corrected chi connectivity index (χ1v) is 7.25. The van der Waals surface area contributed by atoms with Crippen LogP contribution in [0.1, 0.15) is 44.2 Å². The molecule has 1 fully saturated rings. The quantitative estimate of drug-likeness (QED) is 0.768. The van der Waals surface area contributed by atoms with Crippen LogP contribution in [0.5, 0.6) is 0 Å². The maximum atomic E-state index is 8.79. The summed E-state index contributed by atoms with van der Waals surface area (Å²) in [5.74, 6) is 0. The normalized spacial score (nSPS) is 23.5. The van der Waals surface area contributed by atoms with Crippen molar-refractivity contribution in [1.82, 2.24) is 0 Å². The van der Waals surface area contributed by atoms with Gasteiger partial charge in [-0.2, -0.15) is 5.26 Å². The molecule has 0 bridgehead atoms. The van der Waals surface area contributed by atoms with Gasteiger partial charge in [-0.1, -0.05) is 37.6 Å². The number of rotatable bonds is 3. The van der Waals surface area contributed by atoms with Gasteiger partial charge in [-0.15, -0.1) is 0 Å². The van der Waals surface area contributed by atoms with Crippen LogP contribution in [0.25, 0.3) is 0 Å². The number of nitriles is 1. The summed E-state index contributed by atoms with van der Waals surface area (Å²) in [5.41, 5.74) is 3.75. The van der Waals surface area contributed by atoms with Crippen LogP contribution in [0.2, 0.25) is 0 Å². The summed E-state index contributed by atoms with van der Waals surface area (Å²) in [6.45, 7) is 4.58. The predicted octanol–water partition coefficient (Wildman–Crippen LogP) is 4.25. The van der Waals surface area contributed by atoms with Crippen LogP contribution in [0.4, 0.5) is 0 Å². The van der Waals surface area contributed by atoms with Crippen LogP contribution in [-0.2, 0) is 11.2 Å². The molecule has 2 nitrogen and oxygen atoms in total. The fraction of sp³-hybridized carbons (Fsp3) is 0.500. The lowest BCUT2D eigenvalue weighted by molar-refractivity contribution is -0.0101. The van der Waals surface area contributed by atoms with E-state index in [2.05, 4.69) is 26.0 Å². The molecule has 0 saturated heterocycles. The molecule has 0 N–H and O–H groups in total. The molecular weight excluding hydrogens is 246 g/mol. The summed E-state index contributed by atoms with van der Waals surface area (Å²) < 4.78 is 5.59. The molecule has 1 unspecified atom stereocenters. The van der Waals surface area contributed by atoms with E-state index in [0.29, 0.717) is 6.10 Å². The van der Waals surface area contributed by atoms with E-state index < -0.39 is 0 Å². The monoisotopic (exact) mass is 269 g/mol. The molecule has 0 aliphatic heterocycles. The number of nitrogens with zero attached hydrogens (tertiary/aromatic N) is 1. The van der Waals surface area contributed by atoms with Crippen molar-refractivity contribution in [2.24, 2.45) is 5.41 Å². The summed E-state index contributed by atoms with van der Waals surface area (Å²) in [4.78, 5) is 0. The van der Waals surface area contributed by atoms with Crippen LogP contribution in [0, 0.1) is 16.7 Å². The Kier molecular flexibility index (Phi) is 4.62. The van der Waals surface area contributed by atoms with Gasteiger partial charge in [0.15, 0.2) is 0 Å². The van der Waals surface area contributed by atoms with Crippen molar-refractivity contribution in [3.63, 3.8) is 0 Å². The minimum atomic E-state index is 0.226. The molecule has 0 spiro atoms. The Morgan fingerprint density at radius 1 is 1.35 bits per heavy atom. The van der Waals surface area contributed by atoms with Gasteiger partial charge >= 0.3 is 0 Å². The third kappa shape index (κ3) is 3.49. The molecule has 0 radical (unpaired) electrons. The van der Waals surface area contributed by atoms with Gasteiger partial charge in [0.2, 0.25) is 0 Å². The lowest BCUT2D eigenvalue weighted by atomic mass is 9.72. The van der Waals surface area contributed by atoms with Gasteiger partial charge in [0.1, 0.15) is 0 Å². The Hall–Kier alpha value is -1.59. The van der Waals surface area contributed by atoms with Gasteiger partial charge in [-0.25, -0.2) is 0 Å². The summed E-state index contributed by atoms with van der Waals surface area (Å²) >= 11 is 0. The van der Waals surface area contributed by atoms with Crippen LogP contribution < -0.4 is 0 Å². The van der Waals surface area contributed by atoms with E-state index in [-0.39, 0.29) is 5.41 Å². The molecule has 2 heteroatoms. The van der Waals surface area contributed by atoms with Gasteiger partial charge in [-0.3, -0.25) is 0 Å². The molecule has 20 heavy (non-hydrogen) atoms. The van der Waals surface area contributed by atoms with Crippen molar-refractivity contribution in [2.45, 2.75) is 45.6 Å². The number of hydrogen-bond donors (Lipinski definition) is 0. The Bertz CT molecular complexity index is 519. The second-order valence-corrected chi connectivity index (χ2v) is 6.30. The second-order valence-electron chi connectivity index (χ2n) is 6.30. The van der Waals surface area contributed by atoms with E-state index >= 15 is 0 Å². The number of benzene rings is 1. The Morgan fingerprint density at radius 2 is 2.05 bits per heavy atom. The Morgan fingerprint density at radius 3 is 2.60 bits per heavy atom. The second kappa shape index (κ2) is 6.24. The van der Waals surface area contributed by atoms with Crippen molar-refractivity contribution in [1.29, 1.82) is 5.26 Å². The lowest BCUT2D eigenvalue weighted by Gasteiger charge is -2.38. The van der Waals surface area contributed by atoms with E-state index in [1.54, 1.807) is 0 Å². The van der Waals surface area contributed by atoms with Crippen molar-refractivity contribution in [3.05, 3.63) is 47.0 Å². The molecule has 1 aromatic carbocycles. The topological polar surface area (TPSA) is 33.0 Å². The molecule has 0 heterocycles. The molecule has 1 aromatic rings. The van der Waals surface area contributed by atoms with E-state index in [4.69, 9.17) is 10.00 Å². The zero-order valence-electron chi connectivity index (χ0n) is 12.6. The van der Waals surface area contributed by atoms with E-state index in [1.807, 2.05) is 31.4 Å². The number of hydrogen-bond acceptors (Lipinski definition) is 2. The minimum absolute atomic E-state index is 0.226. The number of ether oxygens (including phenoxy) is 1. The number of allylic oxidation sites excluding steroid dienone is 2. The summed E-state index contributed by atoms with van der Waals surface area (Å²) in [7, 11) is 1.82. The third-order valence-electron chi connectivity index (χ3n) is 4.28. The van der Waals surface area contributed by atoms with Crippen molar-refractivity contribution >= 4 is 0 Å². The standard InChI is InChI=1S/C18H23NO/c1-18(2)12-15(10-11-17(18)20-3)7-4-14-5-8-16(13-19)9-6-14/h5-9,17H,4,10-12H2,1-3H3/b15-7+. The smallest absolute Gasteiger partial charge is 0.0991 e. The first-order valence-electron chi connectivity index (χ1n) is 7.25. The zero-order valence-corrected chi connectivity index (χ0v) is 12.6. The first kappa shape index (κ1) is 14.8. The largest absolute Gasteiger partial charge is 0.381 e. The highest BCUT2D eigenvalue weighted by Crippen LogP contribution is 2.40. The number of methoxy groups -OCH3 is 1. The van der Waals surface area contributed by atoms with E-state index in [9.17, 15) is 0 Å². The van der Waals surface area contributed by atoms with Gasteiger partial charge in [0.25, 0.3) is 0 Å². The Labute approximate surface area is 122 Å². The third-order valence-corrected chi connectivity index (χ3v) is 4.28. The maximum absolute atomic E-state index is 8.79. The minimum Gasteiger partial charge on any atom is -0.381 e. The molecular formula is C18H23NO. The van der Waals surface area contributed by atoms with Crippen molar-refractivity contribution < 1.29 is 4.74 Å². The van der Waals surface area contributed by atoms with Gasteiger partial charge < -0.3 is 4.74 Å². The van der Waals surface area contributed by atoms with Crippen LogP contribution in [0.3, 0.4) is 0 Å². The van der Waals surface area contributed by atoms with Crippen molar-refractivity contribution in [3.8, 4) is 6.07 Å². The highest BCUT2D eigenvalue weighted by atomic mass is 16.5. The highest BCUT2D eigenvalue weighted by molar-refractivity contribution is 5.32. The zero-order chi connectivity index (χ0) is 14.6. The molecule has 0 aromatic heterocycles. The van der Waals surface area contributed by atoms with Crippen LogP contribution in [0.15, 0.2) is 35.9 Å². The highest BCUT2D eigenvalue weighted by Gasteiger charge is 2.34. The summed E-state index contributed by atoms with van der Waals surface area (Å²) in [6, 6.07) is 10.0. The molecule has 1 saturated carbocycles. The van der Waals surface area contributed by atoms with Gasteiger partial charge in [0, 0.05) is 7.11 Å². The van der Waals surface area contributed by atoms with Crippen LogP contribution >= 0.6 is 0 Å². The summed E-state index contributed by atoms with van der Waals surface area (Å²) in [6.07, 6.45) is 7.04. The molecule has 0 amide bonds. The van der Waals surface area contributed by atoms with E-state index in [1.165, 1.54) is 11.1 Å². The Balaban J connectivity index is 2.00. The average molecular weight is 269 g/mol. The molecule has 1 aliphatic rings. The lowest BCUT2D eigenvalue weighted by Crippen LogP contribution is -2.35. The van der Waals surface area contributed by atoms with Gasteiger partial charge in [0.05, 0.1) is 17.7 Å². The molecule has 1 aliphatic carbocycles.